The van der Waals surface area contributed by atoms with E-state index in [2.05, 4.69) is 0 Å². The summed E-state index contributed by atoms with van der Waals surface area (Å²) < 4.78 is 0. The van der Waals surface area contributed by atoms with E-state index < -0.39 is 0 Å². The van der Waals surface area contributed by atoms with E-state index in [1.807, 2.05) is 60.7 Å². The molecule has 2 aromatic carbocycles. The van der Waals surface area contributed by atoms with Crippen molar-refractivity contribution < 1.29 is 9.59 Å². The van der Waals surface area contributed by atoms with Crippen molar-refractivity contribution in [2.75, 3.05) is 0 Å². The Morgan fingerprint density at radius 2 is 1.29 bits per heavy atom. The van der Waals surface area contributed by atoms with Gasteiger partial charge in [-0.25, -0.2) is 0 Å². The van der Waals surface area contributed by atoms with Crippen molar-refractivity contribution in [3.8, 4) is 0 Å². The number of carbonyl (C=O) groups excluding carboxylic acids is 2. The van der Waals surface area contributed by atoms with Crippen LogP contribution in [0, 0.1) is 0 Å². The van der Waals surface area contributed by atoms with Gasteiger partial charge in [-0.2, -0.15) is 0 Å². The number of carbonyl (C=O) groups is 2. The first kappa shape index (κ1) is 13.3. The number of rotatable bonds is 4. The molecule has 0 bridgehead atoms. The second kappa shape index (κ2) is 5.75. The highest BCUT2D eigenvalue weighted by atomic mass is 16.2. The molecule has 1 aliphatic rings. The Bertz CT molecular complexity index is 659. The molecular formula is C18H15NO2. The molecule has 0 N–H and O–H groups in total. The molecule has 0 radical (unpaired) electrons. The Morgan fingerprint density at radius 3 is 1.86 bits per heavy atom. The number of hydrogen-bond acceptors (Lipinski definition) is 2. The predicted molar refractivity (Wildman–Crippen MR) is 80.3 cm³/mol. The Morgan fingerprint density at radius 1 is 0.762 bits per heavy atom. The third-order valence-electron chi connectivity index (χ3n) is 3.61. The molecule has 104 valence electrons. The Hall–Kier alpha value is -2.68. The Kier molecular flexibility index (Phi) is 3.65. The predicted octanol–water partition coefficient (Wildman–Crippen LogP) is 2.90. The van der Waals surface area contributed by atoms with Crippen molar-refractivity contribution in [2.45, 2.75) is 12.5 Å². The smallest absolute Gasteiger partial charge is 0.254 e. The maximum absolute atomic E-state index is 12.0. The molecule has 3 rings (SSSR count). The highest BCUT2D eigenvalue weighted by Gasteiger charge is 2.32. The number of benzene rings is 2. The number of amides is 2. The molecule has 1 atom stereocenters. The molecule has 0 unspecified atom stereocenters. The van der Waals surface area contributed by atoms with E-state index in [0.29, 0.717) is 6.42 Å². The molecule has 0 fully saturated rings. The molecular weight excluding hydrogens is 262 g/mol. The molecule has 0 aromatic heterocycles. The van der Waals surface area contributed by atoms with Crippen molar-refractivity contribution in [3.63, 3.8) is 0 Å². The first-order valence-electron chi connectivity index (χ1n) is 6.90. The minimum absolute atomic E-state index is 0.246. The highest BCUT2D eigenvalue weighted by molar-refractivity contribution is 6.13. The van der Waals surface area contributed by atoms with E-state index in [1.54, 1.807) is 0 Å². The molecule has 1 aliphatic heterocycles. The van der Waals surface area contributed by atoms with Crippen LogP contribution in [-0.4, -0.2) is 16.7 Å². The molecule has 2 aromatic rings. The topological polar surface area (TPSA) is 37.4 Å². The third kappa shape index (κ3) is 2.77. The maximum atomic E-state index is 12.0. The highest BCUT2D eigenvalue weighted by Crippen LogP contribution is 2.27. The average Bonchev–Trinajstić information content (AvgIpc) is 2.86. The van der Waals surface area contributed by atoms with Crippen LogP contribution in [0.1, 0.15) is 17.2 Å². The largest absolute Gasteiger partial charge is 0.269 e. The van der Waals surface area contributed by atoms with E-state index in [1.165, 1.54) is 17.1 Å². The quantitative estimate of drug-likeness (QED) is 0.806. The van der Waals surface area contributed by atoms with Crippen LogP contribution in [0.15, 0.2) is 72.8 Å². The lowest BCUT2D eigenvalue weighted by molar-refractivity contribution is -0.139. The minimum Gasteiger partial charge on any atom is -0.269 e. The molecule has 2 amide bonds. The van der Waals surface area contributed by atoms with Gasteiger partial charge in [-0.3, -0.25) is 14.5 Å². The third-order valence-corrected chi connectivity index (χ3v) is 3.61. The first-order valence-corrected chi connectivity index (χ1v) is 6.90. The van der Waals surface area contributed by atoms with Crippen LogP contribution >= 0.6 is 0 Å². The Labute approximate surface area is 123 Å². The molecule has 3 heteroatoms. The summed E-state index contributed by atoms with van der Waals surface area (Å²) in [7, 11) is 0. The van der Waals surface area contributed by atoms with Crippen LogP contribution in [-0.2, 0) is 16.0 Å². The first-order chi connectivity index (χ1) is 10.3. The lowest BCUT2D eigenvalue weighted by atomic mass is 9.97. The van der Waals surface area contributed by atoms with Gasteiger partial charge < -0.3 is 0 Å². The average molecular weight is 277 g/mol. The second-order valence-electron chi connectivity index (χ2n) is 5.00. The fourth-order valence-electron chi connectivity index (χ4n) is 2.59. The van der Waals surface area contributed by atoms with E-state index in [9.17, 15) is 9.59 Å². The van der Waals surface area contributed by atoms with Crippen molar-refractivity contribution in [3.05, 3.63) is 83.9 Å². The van der Waals surface area contributed by atoms with Crippen LogP contribution < -0.4 is 0 Å². The van der Waals surface area contributed by atoms with Crippen LogP contribution in [0.2, 0.25) is 0 Å². The fraction of sp³-hybridized carbons (Fsp3) is 0.111. The second-order valence-corrected chi connectivity index (χ2v) is 5.00. The summed E-state index contributed by atoms with van der Waals surface area (Å²) in [5.41, 5.74) is 2.06. The minimum atomic E-state index is -0.274. The lowest BCUT2D eigenvalue weighted by Gasteiger charge is -2.26. The van der Waals surface area contributed by atoms with E-state index in [-0.39, 0.29) is 17.9 Å². The standard InChI is InChI=1S/C18H15NO2/c20-17-11-12-18(21)19(17)16(15-9-5-2-6-10-15)13-14-7-3-1-4-8-14/h1-12,16H,13H2/t16-/m0/s1. The monoisotopic (exact) mass is 277 g/mol. The van der Waals surface area contributed by atoms with Crippen molar-refractivity contribution in [1.29, 1.82) is 0 Å². The van der Waals surface area contributed by atoms with Gasteiger partial charge in [-0.1, -0.05) is 60.7 Å². The molecule has 0 saturated carbocycles. The van der Waals surface area contributed by atoms with Gasteiger partial charge in [0, 0.05) is 12.2 Å². The summed E-state index contributed by atoms with van der Waals surface area (Å²) in [4.78, 5) is 25.4. The zero-order valence-electron chi connectivity index (χ0n) is 11.5. The van der Waals surface area contributed by atoms with Gasteiger partial charge in [0.1, 0.15) is 0 Å². The lowest BCUT2D eigenvalue weighted by Crippen LogP contribution is -2.35. The van der Waals surface area contributed by atoms with Crippen molar-refractivity contribution in [2.24, 2.45) is 0 Å². The number of imide groups is 1. The van der Waals surface area contributed by atoms with Crippen molar-refractivity contribution >= 4 is 11.8 Å². The zero-order chi connectivity index (χ0) is 14.7. The van der Waals surface area contributed by atoms with Gasteiger partial charge in [0.05, 0.1) is 6.04 Å². The summed E-state index contributed by atoms with van der Waals surface area (Å²) in [6.45, 7) is 0. The zero-order valence-corrected chi connectivity index (χ0v) is 11.5. The number of nitrogens with zero attached hydrogens (tertiary/aromatic N) is 1. The fourth-order valence-corrected chi connectivity index (χ4v) is 2.59. The molecule has 21 heavy (non-hydrogen) atoms. The molecule has 0 saturated heterocycles. The summed E-state index contributed by atoms with van der Waals surface area (Å²) in [6.07, 6.45) is 3.29. The molecule has 1 heterocycles. The van der Waals surface area contributed by atoms with Gasteiger partial charge in [0.2, 0.25) is 0 Å². The molecule has 3 nitrogen and oxygen atoms in total. The van der Waals surface area contributed by atoms with E-state index >= 15 is 0 Å². The molecule has 0 spiro atoms. The summed E-state index contributed by atoms with van der Waals surface area (Å²) >= 11 is 0. The van der Waals surface area contributed by atoms with Gasteiger partial charge in [-0.05, 0) is 17.5 Å². The van der Waals surface area contributed by atoms with E-state index in [4.69, 9.17) is 0 Å². The van der Waals surface area contributed by atoms with Crippen LogP contribution in [0.4, 0.5) is 0 Å². The number of hydrogen-bond donors (Lipinski definition) is 0. The van der Waals surface area contributed by atoms with Gasteiger partial charge in [0.25, 0.3) is 11.8 Å². The van der Waals surface area contributed by atoms with Gasteiger partial charge in [-0.15, -0.1) is 0 Å². The van der Waals surface area contributed by atoms with Gasteiger partial charge in [0.15, 0.2) is 0 Å². The van der Waals surface area contributed by atoms with Gasteiger partial charge >= 0.3 is 0 Å². The maximum Gasteiger partial charge on any atom is 0.254 e. The summed E-state index contributed by atoms with van der Waals surface area (Å²) in [5.74, 6) is -0.491. The molecule has 0 aliphatic carbocycles. The SMILES string of the molecule is O=C1C=CC(=O)N1[C@@H](Cc1ccccc1)c1ccccc1. The van der Waals surface area contributed by atoms with Crippen LogP contribution in [0.5, 0.6) is 0 Å². The Balaban J connectivity index is 1.96. The summed E-state index contributed by atoms with van der Waals surface area (Å²) in [6, 6.07) is 19.3. The van der Waals surface area contributed by atoms with Crippen LogP contribution in [0.3, 0.4) is 0 Å². The van der Waals surface area contributed by atoms with E-state index in [0.717, 1.165) is 11.1 Å². The van der Waals surface area contributed by atoms with Crippen LogP contribution in [0.25, 0.3) is 0 Å². The normalized spacial score (nSPS) is 15.5. The summed E-state index contributed by atoms with van der Waals surface area (Å²) in [5, 5.41) is 0. The van der Waals surface area contributed by atoms with Crippen molar-refractivity contribution in [1.82, 2.24) is 4.90 Å².